The van der Waals surface area contributed by atoms with E-state index in [4.69, 9.17) is 9.84 Å². The number of carboxylic acids is 1. The van der Waals surface area contributed by atoms with Crippen molar-refractivity contribution in [2.75, 3.05) is 6.61 Å². The topological polar surface area (TPSA) is 66.8 Å². The first kappa shape index (κ1) is 23.3. The number of carbonyl (C=O) groups is 1. The van der Waals surface area contributed by atoms with Gasteiger partial charge in [-0.3, -0.25) is 4.79 Å². The number of aliphatic hydroxyl groups excluding tert-OH is 1. The van der Waals surface area contributed by atoms with E-state index in [1.165, 1.54) is 0 Å². The van der Waals surface area contributed by atoms with Gasteiger partial charge in [-0.15, -0.1) is 0 Å². The van der Waals surface area contributed by atoms with Crippen LogP contribution >= 0.6 is 0 Å². The van der Waals surface area contributed by atoms with Gasteiger partial charge in [-0.05, 0) is 47.6 Å². The van der Waals surface area contributed by atoms with Crippen LogP contribution in [-0.2, 0) is 17.6 Å². The molecule has 166 valence electrons. The first-order valence-electron chi connectivity index (χ1n) is 11.0. The Morgan fingerprint density at radius 1 is 0.938 bits per heavy atom. The molecule has 0 bridgehead atoms. The summed E-state index contributed by atoms with van der Waals surface area (Å²) in [6.45, 7) is 0.582. The molecule has 2 N–H and O–H groups in total. The van der Waals surface area contributed by atoms with Gasteiger partial charge < -0.3 is 14.9 Å². The SMILES string of the molecule is O=C(O)CCc1ccccc1OCCC/C=C/c1ccc(C(O)Cc2ccccc2)cc1. The number of unbranched alkanes of at least 4 members (excludes halogenated alkanes) is 1. The second kappa shape index (κ2) is 12.5. The van der Waals surface area contributed by atoms with Gasteiger partial charge in [0.15, 0.2) is 0 Å². The first-order chi connectivity index (χ1) is 15.6. The minimum atomic E-state index is -0.802. The number of hydrogen-bond donors (Lipinski definition) is 2. The third kappa shape index (κ3) is 7.71. The molecule has 0 heterocycles. The molecule has 0 amide bonds. The van der Waals surface area contributed by atoms with Crippen molar-refractivity contribution >= 4 is 12.0 Å². The molecule has 0 fully saturated rings. The Bertz CT molecular complexity index is 993. The number of rotatable bonds is 12. The number of carboxylic acid groups (broad SMARTS) is 1. The van der Waals surface area contributed by atoms with Crippen LogP contribution in [-0.4, -0.2) is 22.8 Å². The monoisotopic (exact) mass is 430 g/mol. The molecule has 0 aliphatic rings. The van der Waals surface area contributed by atoms with Crippen molar-refractivity contribution < 1.29 is 19.7 Å². The fourth-order valence-electron chi connectivity index (χ4n) is 3.48. The average Bonchev–Trinajstić information content (AvgIpc) is 2.81. The summed E-state index contributed by atoms with van der Waals surface area (Å²) < 4.78 is 5.86. The van der Waals surface area contributed by atoms with E-state index >= 15 is 0 Å². The maximum absolute atomic E-state index is 10.8. The number of hydrogen-bond acceptors (Lipinski definition) is 3. The molecule has 1 unspecified atom stereocenters. The summed E-state index contributed by atoms with van der Waals surface area (Å²) in [5.41, 5.74) is 4.07. The van der Waals surface area contributed by atoms with Crippen LogP contribution in [0.25, 0.3) is 6.08 Å². The predicted octanol–water partition coefficient (Wildman–Crippen LogP) is 5.85. The van der Waals surface area contributed by atoms with Crippen molar-refractivity contribution in [3.05, 3.63) is 107 Å². The lowest BCUT2D eigenvalue weighted by molar-refractivity contribution is -0.136. The highest BCUT2D eigenvalue weighted by atomic mass is 16.5. The van der Waals surface area contributed by atoms with E-state index in [-0.39, 0.29) is 6.42 Å². The molecular weight excluding hydrogens is 400 g/mol. The molecule has 0 aliphatic carbocycles. The van der Waals surface area contributed by atoms with Crippen LogP contribution in [0.5, 0.6) is 5.75 Å². The van der Waals surface area contributed by atoms with Gasteiger partial charge in [-0.1, -0.05) is 84.9 Å². The van der Waals surface area contributed by atoms with Crippen LogP contribution in [0.1, 0.15) is 47.6 Å². The van der Waals surface area contributed by atoms with Crippen molar-refractivity contribution in [3.8, 4) is 5.75 Å². The second-order valence-corrected chi connectivity index (χ2v) is 7.77. The molecule has 3 aromatic rings. The number of aryl methyl sites for hydroxylation is 1. The van der Waals surface area contributed by atoms with Crippen LogP contribution in [0.15, 0.2) is 84.9 Å². The van der Waals surface area contributed by atoms with Crippen molar-refractivity contribution in [2.24, 2.45) is 0 Å². The number of aliphatic carboxylic acids is 1. The molecule has 4 heteroatoms. The fraction of sp³-hybridized carbons (Fsp3) is 0.250. The number of para-hydroxylation sites is 1. The van der Waals surface area contributed by atoms with Gasteiger partial charge in [0, 0.05) is 12.8 Å². The highest BCUT2D eigenvalue weighted by Gasteiger charge is 2.08. The van der Waals surface area contributed by atoms with Gasteiger partial charge in [0.1, 0.15) is 5.75 Å². The average molecular weight is 431 g/mol. The summed E-state index contributed by atoms with van der Waals surface area (Å²) in [5.74, 6) is -0.0361. The van der Waals surface area contributed by atoms with Crippen LogP contribution in [0, 0.1) is 0 Å². The van der Waals surface area contributed by atoms with Crippen molar-refractivity contribution in [3.63, 3.8) is 0 Å². The maximum Gasteiger partial charge on any atom is 0.303 e. The minimum Gasteiger partial charge on any atom is -0.493 e. The Morgan fingerprint density at radius 2 is 1.66 bits per heavy atom. The second-order valence-electron chi connectivity index (χ2n) is 7.77. The molecule has 1 atom stereocenters. The number of allylic oxidation sites excluding steroid dienone is 1. The lowest BCUT2D eigenvalue weighted by Crippen LogP contribution is -2.02. The Balaban J connectivity index is 1.41. The Kier molecular flexibility index (Phi) is 9.08. The summed E-state index contributed by atoms with van der Waals surface area (Å²) in [5, 5.41) is 19.3. The summed E-state index contributed by atoms with van der Waals surface area (Å²) in [4.78, 5) is 10.8. The van der Waals surface area contributed by atoms with E-state index < -0.39 is 12.1 Å². The zero-order valence-corrected chi connectivity index (χ0v) is 18.2. The summed E-state index contributed by atoms with van der Waals surface area (Å²) in [7, 11) is 0. The van der Waals surface area contributed by atoms with E-state index in [1.807, 2.05) is 78.9 Å². The van der Waals surface area contributed by atoms with Crippen molar-refractivity contribution in [1.82, 2.24) is 0 Å². The van der Waals surface area contributed by atoms with Gasteiger partial charge in [0.2, 0.25) is 0 Å². The maximum atomic E-state index is 10.8. The van der Waals surface area contributed by atoms with Crippen LogP contribution in [0.4, 0.5) is 0 Å². The van der Waals surface area contributed by atoms with Crippen LogP contribution in [0.3, 0.4) is 0 Å². The van der Waals surface area contributed by atoms with Gasteiger partial charge in [-0.25, -0.2) is 0 Å². The Labute approximate surface area is 189 Å². The number of aliphatic hydroxyl groups is 1. The van der Waals surface area contributed by atoms with E-state index in [0.717, 1.165) is 40.8 Å². The van der Waals surface area contributed by atoms with E-state index in [0.29, 0.717) is 19.4 Å². The predicted molar refractivity (Wildman–Crippen MR) is 128 cm³/mol. The number of benzene rings is 3. The largest absolute Gasteiger partial charge is 0.493 e. The van der Waals surface area contributed by atoms with Crippen molar-refractivity contribution in [1.29, 1.82) is 0 Å². The smallest absolute Gasteiger partial charge is 0.303 e. The van der Waals surface area contributed by atoms with Crippen LogP contribution in [0.2, 0.25) is 0 Å². The van der Waals surface area contributed by atoms with E-state index in [1.54, 1.807) is 0 Å². The van der Waals surface area contributed by atoms with Crippen LogP contribution < -0.4 is 4.74 Å². The molecule has 0 radical (unpaired) electrons. The van der Waals surface area contributed by atoms with E-state index in [9.17, 15) is 9.90 Å². The van der Waals surface area contributed by atoms with Gasteiger partial charge in [-0.2, -0.15) is 0 Å². The summed E-state index contributed by atoms with van der Waals surface area (Å²) >= 11 is 0. The molecule has 32 heavy (non-hydrogen) atoms. The molecule has 0 aromatic heterocycles. The van der Waals surface area contributed by atoms with E-state index in [2.05, 4.69) is 12.2 Å². The Hall–Kier alpha value is -3.37. The summed E-state index contributed by atoms with van der Waals surface area (Å²) in [6, 6.07) is 25.6. The normalized spacial score (nSPS) is 12.0. The standard InChI is InChI=1S/C28H30O4/c29-26(21-23-10-3-1-4-11-23)24-16-14-22(15-17-24)9-5-2-8-20-32-27-13-7-6-12-25(27)18-19-28(30)31/h1,3-7,9-17,26,29H,2,8,18-21H2,(H,30,31)/b9-5+. The molecule has 0 saturated heterocycles. The van der Waals surface area contributed by atoms with Gasteiger partial charge >= 0.3 is 5.97 Å². The lowest BCUT2D eigenvalue weighted by atomic mass is 10.0. The zero-order valence-electron chi connectivity index (χ0n) is 18.2. The molecule has 4 nitrogen and oxygen atoms in total. The molecule has 0 spiro atoms. The van der Waals surface area contributed by atoms with Gasteiger partial charge in [0.05, 0.1) is 12.7 Å². The van der Waals surface area contributed by atoms with Gasteiger partial charge in [0.25, 0.3) is 0 Å². The van der Waals surface area contributed by atoms with Crippen molar-refractivity contribution in [2.45, 2.75) is 38.2 Å². The third-order valence-corrected chi connectivity index (χ3v) is 5.26. The zero-order chi connectivity index (χ0) is 22.6. The lowest BCUT2D eigenvalue weighted by Gasteiger charge is -2.11. The first-order valence-corrected chi connectivity index (χ1v) is 11.0. The highest BCUT2D eigenvalue weighted by Crippen LogP contribution is 2.21. The molecule has 0 saturated carbocycles. The molecule has 3 rings (SSSR count). The third-order valence-electron chi connectivity index (χ3n) is 5.26. The highest BCUT2D eigenvalue weighted by molar-refractivity contribution is 5.67. The molecule has 0 aliphatic heterocycles. The number of ether oxygens (including phenoxy) is 1. The molecule has 3 aromatic carbocycles. The quantitative estimate of drug-likeness (QED) is 0.354. The molecular formula is C28H30O4. The fourth-order valence-corrected chi connectivity index (χ4v) is 3.48. The Morgan fingerprint density at radius 3 is 2.41 bits per heavy atom. The summed E-state index contributed by atoms with van der Waals surface area (Å²) in [6.07, 6.45) is 6.63. The minimum absolute atomic E-state index is 0.102.